The molecule has 4 aliphatic carbocycles. The fourth-order valence-electron chi connectivity index (χ4n) is 7.77. The van der Waals surface area contributed by atoms with Gasteiger partial charge in [0.25, 0.3) is 0 Å². The Morgan fingerprint density at radius 3 is 2.52 bits per heavy atom. The molecule has 0 radical (unpaired) electrons. The van der Waals surface area contributed by atoms with E-state index in [1.165, 1.54) is 0 Å². The van der Waals surface area contributed by atoms with Gasteiger partial charge in [0, 0.05) is 17.8 Å². The number of carbonyl (C=O) groups is 1. The zero-order chi connectivity index (χ0) is 18.2. The summed E-state index contributed by atoms with van der Waals surface area (Å²) in [4.78, 5) is 13.4. The summed E-state index contributed by atoms with van der Waals surface area (Å²) < 4.78 is 0. The van der Waals surface area contributed by atoms with E-state index in [9.17, 15) is 20.1 Å². The Morgan fingerprint density at radius 2 is 1.84 bits per heavy atom. The fraction of sp³-hybridized carbons (Fsp3) is 0.952. The van der Waals surface area contributed by atoms with Crippen LogP contribution in [0.15, 0.2) is 0 Å². The Morgan fingerprint density at radius 1 is 1.12 bits per heavy atom. The summed E-state index contributed by atoms with van der Waals surface area (Å²) in [5, 5.41) is 31.6. The lowest BCUT2D eigenvalue weighted by molar-refractivity contribution is -0.190. The molecule has 25 heavy (non-hydrogen) atoms. The Hall–Kier alpha value is -0.450. The zero-order valence-electron chi connectivity index (χ0n) is 15.9. The number of hydrogen-bond donors (Lipinski definition) is 3. The lowest BCUT2D eigenvalue weighted by Crippen LogP contribution is -2.62. The van der Waals surface area contributed by atoms with E-state index in [1.807, 2.05) is 6.92 Å². The predicted molar refractivity (Wildman–Crippen MR) is 94.8 cm³/mol. The lowest BCUT2D eigenvalue weighted by atomic mass is 9.44. The molecule has 0 aromatic carbocycles. The van der Waals surface area contributed by atoms with Gasteiger partial charge in [0.2, 0.25) is 0 Å². The van der Waals surface area contributed by atoms with Gasteiger partial charge in [-0.1, -0.05) is 13.8 Å². The largest absolute Gasteiger partial charge is 0.393 e. The second kappa shape index (κ2) is 5.53. The standard InChI is InChI=1S/C21H34O4/c1-12(22)21(25)9-7-16-15-5-4-13-10-14(23)6-8-19(13,2)18(15)17(24)11-20(16,21)3/h12-16,18,22-23,25H,4-11H2,1-3H3/t12?,13?,14?,15-,16-,18+,19-,20-,21-/m0/s1. The van der Waals surface area contributed by atoms with Crippen LogP contribution in [-0.4, -0.2) is 38.9 Å². The topological polar surface area (TPSA) is 77.8 Å². The first-order chi connectivity index (χ1) is 11.6. The monoisotopic (exact) mass is 350 g/mol. The van der Waals surface area contributed by atoms with Crippen LogP contribution in [0.25, 0.3) is 0 Å². The van der Waals surface area contributed by atoms with Gasteiger partial charge in [0.05, 0.1) is 17.8 Å². The number of ketones is 1. The quantitative estimate of drug-likeness (QED) is 0.679. The molecule has 4 fully saturated rings. The van der Waals surface area contributed by atoms with E-state index in [0.717, 1.165) is 38.5 Å². The number of aliphatic hydroxyl groups is 3. The van der Waals surface area contributed by atoms with Crippen molar-refractivity contribution < 1.29 is 20.1 Å². The molecule has 142 valence electrons. The first-order valence-corrected chi connectivity index (χ1v) is 10.2. The van der Waals surface area contributed by atoms with E-state index in [2.05, 4.69) is 6.92 Å². The Labute approximate surface area is 151 Å². The maximum Gasteiger partial charge on any atom is 0.137 e. The molecule has 9 atom stereocenters. The Kier molecular flexibility index (Phi) is 3.97. The van der Waals surface area contributed by atoms with E-state index in [-0.39, 0.29) is 17.4 Å². The molecule has 3 N–H and O–H groups in total. The van der Waals surface area contributed by atoms with E-state index in [0.29, 0.717) is 36.4 Å². The van der Waals surface area contributed by atoms with Gasteiger partial charge in [-0.3, -0.25) is 4.79 Å². The van der Waals surface area contributed by atoms with Gasteiger partial charge in [-0.15, -0.1) is 0 Å². The van der Waals surface area contributed by atoms with Crippen molar-refractivity contribution in [1.82, 2.24) is 0 Å². The van der Waals surface area contributed by atoms with Crippen molar-refractivity contribution in [3.05, 3.63) is 0 Å². The summed E-state index contributed by atoms with van der Waals surface area (Å²) in [5.74, 6) is 1.47. The summed E-state index contributed by atoms with van der Waals surface area (Å²) in [6, 6.07) is 0. The zero-order valence-corrected chi connectivity index (χ0v) is 15.9. The van der Waals surface area contributed by atoms with Crippen molar-refractivity contribution in [2.75, 3.05) is 0 Å². The van der Waals surface area contributed by atoms with Crippen LogP contribution >= 0.6 is 0 Å². The van der Waals surface area contributed by atoms with Crippen LogP contribution in [0.2, 0.25) is 0 Å². The summed E-state index contributed by atoms with van der Waals surface area (Å²) in [6.45, 7) is 6.01. The van der Waals surface area contributed by atoms with E-state index >= 15 is 0 Å². The fourth-order valence-corrected chi connectivity index (χ4v) is 7.77. The van der Waals surface area contributed by atoms with Gasteiger partial charge < -0.3 is 15.3 Å². The summed E-state index contributed by atoms with van der Waals surface area (Å²) in [7, 11) is 0. The highest BCUT2D eigenvalue weighted by Gasteiger charge is 2.68. The van der Waals surface area contributed by atoms with Gasteiger partial charge in [-0.2, -0.15) is 0 Å². The molecular weight excluding hydrogens is 316 g/mol. The SMILES string of the molecule is CC(O)[C@@]1(O)CC[C@H]2[C@@H]3CCC4CC(O)CC[C@]4(C)[C@H]3C(=O)C[C@@]21C. The smallest absolute Gasteiger partial charge is 0.137 e. The van der Waals surface area contributed by atoms with E-state index in [1.54, 1.807) is 6.92 Å². The Balaban J connectivity index is 1.70. The number of rotatable bonds is 1. The highest BCUT2D eigenvalue weighted by molar-refractivity contribution is 5.84. The van der Waals surface area contributed by atoms with Gasteiger partial charge in [-0.05, 0) is 75.0 Å². The molecule has 0 heterocycles. The maximum atomic E-state index is 13.4. The van der Waals surface area contributed by atoms with Crippen molar-refractivity contribution in [3.8, 4) is 0 Å². The third kappa shape index (κ3) is 2.20. The molecule has 4 rings (SSSR count). The van der Waals surface area contributed by atoms with Gasteiger partial charge in [0.1, 0.15) is 5.78 Å². The minimum atomic E-state index is -1.14. The second-order valence-corrected chi connectivity index (χ2v) is 10.2. The van der Waals surface area contributed by atoms with Crippen LogP contribution in [-0.2, 0) is 4.79 Å². The summed E-state index contributed by atoms with van der Waals surface area (Å²) in [6.07, 6.45) is 5.60. The molecular formula is C21H34O4. The molecule has 0 saturated heterocycles. The third-order valence-electron chi connectivity index (χ3n) is 9.23. The average molecular weight is 350 g/mol. The molecule has 4 saturated carbocycles. The van der Waals surface area contributed by atoms with Crippen LogP contribution in [0, 0.1) is 34.5 Å². The van der Waals surface area contributed by atoms with Crippen LogP contribution in [0.3, 0.4) is 0 Å². The van der Waals surface area contributed by atoms with Gasteiger partial charge in [0.15, 0.2) is 0 Å². The van der Waals surface area contributed by atoms with Crippen molar-refractivity contribution in [3.63, 3.8) is 0 Å². The molecule has 0 aliphatic heterocycles. The molecule has 4 nitrogen and oxygen atoms in total. The van der Waals surface area contributed by atoms with Crippen molar-refractivity contribution in [2.45, 2.75) is 89.9 Å². The highest BCUT2D eigenvalue weighted by atomic mass is 16.3. The molecule has 4 aliphatic rings. The number of aliphatic hydroxyl groups excluding tert-OH is 2. The summed E-state index contributed by atoms with van der Waals surface area (Å²) >= 11 is 0. The van der Waals surface area contributed by atoms with E-state index in [4.69, 9.17) is 0 Å². The molecule has 0 amide bonds. The first-order valence-electron chi connectivity index (χ1n) is 10.2. The molecule has 0 bridgehead atoms. The third-order valence-corrected chi connectivity index (χ3v) is 9.23. The number of fused-ring (bicyclic) bond motifs is 5. The molecule has 3 unspecified atom stereocenters. The van der Waals surface area contributed by atoms with Crippen LogP contribution < -0.4 is 0 Å². The minimum Gasteiger partial charge on any atom is -0.393 e. The Bertz CT molecular complexity index is 574. The highest BCUT2D eigenvalue weighted by Crippen LogP contribution is 2.67. The van der Waals surface area contributed by atoms with Gasteiger partial charge in [-0.25, -0.2) is 0 Å². The van der Waals surface area contributed by atoms with Crippen molar-refractivity contribution in [2.24, 2.45) is 34.5 Å². The average Bonchev–Trinajstić information content (AvgIpc) is 2.80. The van der Waals surface area contributed by atoms with Gasteiger partial charge >= 0.3 is 0 Å². The van der Waals surface area contributed by atoms with Crippen molar-refractivity contribution in [1.29, 1.82) is 0 Å². The number of Topliss-reactive ketones (excluding diaryl/α,β-unsaturated/α-hetero) is 1. The van der Waals surface area contributed by atoms with Crippen LogP contribution in [0.4, 0.5) is 0 Å². The van der Waals surface area contributed by atoms with E-state index < -0.39 is 17.1 Å². The second-order valence-electron chi connectivity index (χ2n) is 10.2. The molecule has 0 aromatic rings. The normalized spacial score (nSPS) is 56.7. The number of hydrogen-bond acceptors (Lipinski definition) is 4. The number of carbonyl (C=O) groups excluding carboxylic acids is 1. The first kappa shape index (κ1) is 17.9. The predicted octanol–water partition coefficient (Wildman–Crippen LogP) is 2.68. The maximum absolute atomic E-state index is 13.4. The summed E-state index contributed by atoms with van der Waals surface area (Å²) in [5.41, 5.74) is -1.64. The minimum absolute atomic E-state index is 0.00605. The molecule has 0 spiro atoms. The molecule has 4 heteroatoms. The van der Waals surface area contributed by atoms with Crippen LogP contribution in [0.5, 0.6) is 0 Å². The molecule has 0 aromatic heterocycles. The lowest BCUT2D eigenvalue weighted by Gasteiger charge is -2.60. The van der Waals surface area contributed by atoms with Crippen LogP contribution in [0.1, 0.15) is 72.1 Å². The van der Waals surface area contributed by atoms with Crippen molar-refractivity contribution >= 4 is 5.78 Å².